The van der Waals surface area contributed by atoms with E-state index < -0.39 is 75.8 Å². The number of hydrogen-bond acceptors (Lipinski definition) is 5. The van der Waals surface area contributed by atoms with E-state index in [2.05, 4.69) is 14.2 Å². The van der Waals surface area contributed by atoms with Crippen LogP contribution >= 0.6 is 0 Å². The van der Waals surface area contributed by atoms with E-state index in [4.69, 9.17) is 28.0 Å². The summed E-state index contributed by atoms with van der Waals surface area (Å²) in [6.07, 6.45) is -10.9. The highest BCUT2D eigenvalue weighted by atomic mass is 16.7. The Morgan fingerprint density at radius 2 is 2.21 bits per heavy atom. The third-order valence-corrected chi connectivity index (χ3v) is 1.78. The fraction of sp³-hybridized carbons (Fsp3) is 0.923. The Morgan fingerprint density at radius 3 is 2.79 bits per heavy atom. The monoisotopic (exact) mass is 292 g/mol. The second-order valence-corrected chi connectivity index (χ2v) is 4.06. The van der Waals surface area contributed by atoms with E-state index in [0.717, 1.165) is 13.8 Å². The van der Waals surface area contributed by atoms with Crippen LogP contribution in [0.4, 0.5) is 4.79 Å². The summed E-state index contributed by atoms with van der Waals surface area (Å²) < 4.78 is 150. The fourth-order valence-electron chi connectivity index (χ4n) is 1.02. The van der Waals surface area contributed by atoms with Gasteiger partial charge in [0.15, 0.2) is 5.79 Å². The standard InChI is InChI=1S/C13H25NO5/c1-12(2,3)19-11(15)14-8-7-13(17-5,18-6)10(9-14)16-4/h10H,7-9H2,1-6H3/i1D,4D3,5D3,6D3,7D2,8D2,9D2,10D. The Labute approximate surface area is 138 Å². The van der Waals surface area contributed by atoms with Crippen molar-refractivity contribution in [2.75, 3.05) is 34.1 Å². The molecule has 0 radical (unpaired) electrons. The van der Waals surface area contributed by atoms with Crippen molar-refractivity contribution in [3.05, 3.63) is 0 Å². The minimum atomic E-state index is -4.53. The Morgan fingerprint density at radius 1 is 1.47 bits per heavy atom. The quantitative estimate of drug-likeness (QED) is 0.740. The predicted molar refractivity (Wildman–Crippen MR) is 70.0 cm³/mol. The van der Waals surface area contributed by atoms with Crippen molar-refractivity contribution in [1.82, 2.24) is 4.90 Å². The van der Waals surface area contributed by atoms with Gasteiger partial charge in [0, 0.05) is 40.8 Å². The van der Waals surface area contributed by atoms with Crippen LogP contribution in [0.25, 0.3) is 0 Å². The highest BCUT2D eigenvalue weighted by molar-refractivity contribution is 5.68. The number of carbonyl (C=O) groups excluding carboxylic acids is 1. The molecular weight excluding hydrogens is 250 g/mol. The molecule has 0 aromatic rings. The average Bonchev–Trinajstić information content (AvgIpc) is 2.54. The second-order valence-electron chi connectivity index (χ2n) is 4.06. The highest BCUT2D eigenvalue weighted by Gasteiger charge is 2.46. The average molecular weight is 292 g/mol. The number of amides is 1. The lowest BCUT2D eigenvalue weighted by Gasteiger charge is -2.44. The van der Waals surface area contributed by atoms with Crippen molar-refractivity contribution < 1.29 is 47.0 Å². The van der Waals surface area contributed by atoms with Crippen molar-refractivity contribution in [2.45, 2.75) is 44.6 Å². The Balaban J connectivity index is 4.23. The molecule has 1 amide bonds. The Bertz CT molecular complexity index is 818. The number of ether oxygens (including phenoxy) is 4. The molecule has 0 bridgehead atoms. The highest BCUT2D eigenvalue weighted by Crippen LogP contribution is 2.29. The van der Waals surface area contributed by atoms with Gasteiger partial charge in [0.05, 0.1) is 22.9 Å². The van der Waals surface area contributed by atoms with Gasteiger partial charge in [0.2, 0.25) is 0 Å². The molecule has 112 valence electrons. The van der Waals surface area contributed by atoms with E-state index in [1.54, 1.807) is 0 Å². The van der Waals surface area contributed by atoms with Crippen LogP contribution in [0, 0.1) is 0 Å². The molecule has 1 saturated heterocycles. The van der Waals surface area contributed by atoms with E-state index >= 15 is 0 Å². The van der Waals surface area contributed by atoms with Gasteiger partial charge in [-0.3, -0.25) is 0 Å². The molecule has 1 rings (SSSR count). The van der Waals surface area contributed by atoms with E-state index in [1.807, 2.05) is 0 Å². The number of carbonyl (C=O) groups is 1. The van der Waals surface area contributed by atoms with E-state index in [1.165, 1.54) is 0 Å². The third kappa shape index (κ3) is 3.81. The van der Waals surface area contributed by atoms with Crippen molar-refractivity contribution in [3.63, 3.8) is 0 Å². The van der Waals surface area contributed by atoms with Gasteiger partial charge in [0.1, 0.15) is 11.7 Å². The maximum atomic E-state index is 12.9. The Kier molecular flexibility index (Phi) is 1.38. The molecular formula is C13H25NO5. The summed E-state index contributed by atoms with van der Waals surface area (Å²) in [6, 6.07) is 0. The molecule has 0 aliphatic carbocycles. The minimum Gasteiger partial charge on any atom is -0.444 e. The number of hydrogen-bond donors (Lipinski definition) is 0. The summed E-state index contributed by atoms with van der Waals surface area (Å²) in [5.41, 5.74) is -1.75. The number of piperidine rings is 1. The zero-order chi connectivity index (χ0) is 29.2. The smallest absolute Gasteiger partial charge is 0.410 e. The van der Waals surface area contributed by atoms with Gasteiger partial charge in [-0.25, -0.2) is 4.79 Å². The van der Waals surface area contributed by atoms with Gasteiger partial charge < -0.3 is 23.8 Å². The maximum absolute atomic E-state index is 12.9. The van der Waals surface area contributed by atoms with Crippen LogP contribution in [-0.2, 0) is 18.9 Å². The van der Waals surface area contributed by atoms with Gasteiger partial charge in [-0.2, -0.15) is 0 Å². The van der Waals surface area contributed by atoms with E-state index in [-0.39, 0.29) is 0 Å². The minimum absolute atomic E-state index is 0.669. The topological polar surface area (TPSA) is 57.2 Å². The molecule has 0 N–H and O–H groups in total. The molecule has 1 aliphatic heterocycles. The molecule has 0 aromatic heterocycles. The van der Waals surface area contributed by atoms with Crippen molar-refractivity contribution >= 4 is 6.09 Å². The molecule has 0 aromatic carbocycles. The van der Waals surface area contributed by atoms with Gasteiger partial charge in [0.25, 0.3) is 0 Å². The lowest BCUT2D eigenvalue weighted by atomic mass is 10.0. The zero-order valence-corrected chi connectivity index (χ0v) is 10.2. The molecule has 1 unspecified atom stereocenters. The number of likely N-dealkylation sites (tertiary alicyclic amines) is 1. The summed E-state index contributed by atoms with van der Waals surface area (Å²) in [5, 5.41) is 0. The molecule has 0 saturated carbocycles. The predicted octanol–water partition coefficient (Wildman–Crippen LogP) is 1.63. The first-order valence-corrected chi connectivity index (χ1v) is 4.86. The van der Waals surface area contributed by atoms with Gasteiger partial charge >= 0.3 is 6.09 Å². The van der Waals surface area contributed by atoms with E-state index in [0.29, 0.717) is 0 Å². The molecule has 1 fully saturated rings. The first-order valence-electron chi connectivity index (χ1n) is 13.6. The second kappa shape index (κ2) is 6.07. The third-order valence-electron chi connectivity index (χ3n) is 1.78. The zero-order valence-electron chi connectivity index (χ0n) is 27.2. The first kappa shape index (κ1) is 4.32. The largest absolute Gasteiger partial charge is 0.444 e. The summed E-state index contributed by atoms with van der Waals surface area (Å²) in [7, 11) is -11.9. The number of rotatable bonds is 3. The SMILES string of the molecule is [2H]CC(C)(C)OC(=O)N1C([2H])([2H])C([2H])([2H])C(OC([2H])([2H])[2H])(OC([2H])([2H])[2H])C([2H])(OC([2H])([2H])[2H])C1([2H])[2H]. The van der Waals surface area contributed by atoms with Gasteiger partial charge in [-0.1, -0.05) is 0 Å². The lowest BCUT2D eigenvalue weighted by Crippen LogP contribution is -2.59. The molecule has 6 heteroatoms. The van der Waals surface area contributed by atoms with Crippen molar-refractivity contribution in [1.29, 1.82) is 0 Å². The number of methoxy groups -OCH3 is 3. The van der Waals surface area contributed by atoms with Crippen LogP contribution < -0.4 is 0 Å². The van der Waals surface area contributed by atoms with Crippen LogP contribution in [0.2, 0.25) is 0 Å². The lowest BCUT2D eigenvalue weighted by molar-refractivity contribution is -0.282. The van der Waals surface area contributed by atoms with E-state index in [9.17, 15) is 4.79 Å². The molecule has 0 spiro atoms. The first-order chi connectivity index (χ1) is 15.4. The summed E-state index contributed by atoms with van der Waals surface area (Å²) >= 11 is 0. The summed E-state index contributed by atoms with van der Waals surface area (Å²) in [4.78, 5) is 12.2. The molecule has 6 nitrogen and oxygen atoms in total. The maximum Gasteiger partial charge on any atom is 0.410 e. The Hall–Kier alpha value is -0.850. The van der Waals surface area contributed by atoms with Crippen LogP contribution in [-0.4, -0.2) is 62.6 Å². The van der Waals surface area contributed by atoms with Crippen LogP contribution in [0.3, 0.4) is 0 Å². The van der Waals surface area contributed by atoms with Crippen LogP contribution in [0.1, 0.15) is 50.4 Å². The molecule has 1 atom stereocenters. The van der Waals surface area contributed by atoms with Crippen LogP contribution in [0.15, 0.2) is 0 Å². The summed E-state index contributed by atoms with van der Waals surface area (Å²) in [6.45, 7) is -6.84. The van der Waals surface area contributed by atoms with Crippen molar-refractivity contribution in [2.24, 2.45) is 0 Å². The van der Waals surface area contributed by atoms with Gasteiger partial charge in [-0.05, 0) is 20.7 Å². The molecule has 1 heterocycles. The van der Waals surface area contributed by atoms with Crippen LogP contribution in [0.5, 0.6) is 0 Å². The summed E-state index contributed by atoms with van der Waals surface area (Å²) in [5.74, 6) is -4.53. The van der Waals surface area contributed by atoms with Crippen molar-refractivity contribution in [3.8, 4) is 0 Å². The normalized spacial score (nSPS) is 50.2. The fourth-order valence-corrected chi connectivity index (χ4v) is 1.02. The molecule has 1 aliphatic rings. The number of nitrogens with zero attached hydrogens (tertiary/aromatic N) is 1. The molecule has 19 heavy (non-hydrogen) atoms. The van der Waals surface area contributed by atoms with Gasteiger partial charge in [-0.15, -0.1) is 0 Å².